The van der Waals surface area contributed by atoms with Gasteiger partial charge in [-0.15, -0.1) is 0 Å². The zero-order chi connectivity index (χ0) is 10.5. The molecule has 0 spiro atoms. The number of hydrogen-bond acceptors (Lipinski definition) is 2. The van der Waals surface area contributed by atoms with Crippen molar-refractivity contribution in [3.05, 3.63) is 36.4 Å². The monoisotopic (exact) mass is 182 g/mol. The lowest BCUT2D eigenvalue weighted by Crippen LogP contribution is -1.78. The summed E-state index contributed by atoms with van der Waals surface area (Å²) in [5.74, 6) is -0.833. The lowest BCUT2D eigenvalue weighted by Gasteiger charge is -1.69. The maximum atomic E-state index is 9.00. The molecule has 0 aliphatic carbocycles. The number of carboxylic acid groups (broad SMARTS) is 1. The summed E-state index contributed by atoms with van der Waals surface area (Å²) in [4.78, 5) is 17.8. The molecule has 0 aliphatic heterocycles. The summed E-state index contributed by atoms with van der Waals surface area (Å²) in [7, 11) is 0. The summed E-state index contributed by atoms with van der Waals surface area (Å²) in [6.45, 7) is 2.53. The van der Waals surface area contributed by atoms with Crippen LogP contribution in [-0.4, -0.2) is 17.4 Å². The Hall–Kier alpha value is -1.64. The third kappa shape index (κ3) is 38.1. The summed E-state index contributed by atoms with van der Waals surface area (Å²) in [5.41, 5.74) is 0. The van der Waals surface area contributed by atoms with Gasteiger partial charge < -0.3 is 9.90 Å². The number of carbonyl (C=O) groups is 2. The van der Waals surface area contributed by atoms with Crippen molar-refractivity contribution in [1.82, 2.24) is 0 Å². The second kappa shape index (κ2) is 13.0. The van der Waals surface area contributed by atoms with Gasteiger partial charge in [0.25, 0.3) is 5.97 Å². The van der Waals surface area contributed by atoms with E-state index in [1.165, 1.54) is 6.92 Å². The van der Waals surface area contributed by atoms with Crippen molar-refractivity contribution in [2.45, 2.75) is 13.8 Å². The van der Waals surface area contributed by atoms with E-state index in [1.54, 1.807) is 0 Å². The molecule has 0 aromatic heterocycles. The summed E-state index contributed by atoms with van der Waals surface area (Å²) in [6, 6.07) is 12.0. The van der Waals surface area contributed by atoms with Crippen LogP contribution < -0.4 is 0 Å². The Bertz CT molecular complexity index is 176. The Labute approximate surface area is 78.0 Å². The predicted molar refractivity (Wildman–Crippen MR) is 51.5 cm³/mol. The second-order valence-electron chi connectivity index (χ2n) is 1.91. The molecule has 0 atom stereocenters. The van der Waals surface area contributed by atoms with Crippen LogP contribution in [0.5, 0.6) is 0 Å². The normalized spacial score (nSPS) is 6.62. The van der Waals surface area contributed by atoms with Gasteiger partial charge in [-0.3, -0.25) is 4.79 Å². The minimum Gasteiger partial charge on any atom is -0.481 e. The van der Waals surface area contributed by atoms with Crippen molar-refractivity contribution < 1.29 is 14.7 Å². The van der Waals surface area contributed by atoms with Gasteiger partial charge in [0.1, 0.15) is 6.29 Å². The van der Waals surface area contributed by atoms with E-state index in [0.717, 1.165) is 13.2 Å². The zero-order valence-corrected chi connectivity index (χ0v) is 7.81. The van der Waals surface area contributed by atoms with Crippen LogP contribution in [0.4, 0.5) is 0 Å². The number of aldehydes is 1. The first kappa shape index (κ1) is 13.9. The molecule has 0 fully saturated rings. The van der Waals surface area contributed by atoms with Crippen molar-refractivity contribution >= 4 is 12.3 Å². The maximum Gasteiger partial charge on any atom is 0.300 e. The molecule has 0 heterocycles. The van der Waals surface area contributed by atoms with E-state index < -0.39 is 5.97 Å². The van der Waals surface area contributed by atoms with Crippen LogP contribution in [0.3, 0.4) is 0 Å². The van der Waals surface area contributed by atoms with Crippen molar-refractivity contribution in [3.63, 3.8) is 0 Å². The Morgan fingerprint density at radius 3 is 1.23 bits per heavy atom. The molecular weight excluding hydrogens is 168 g/mol. The molecule has 1 aromatic carbocycles. The van der Waals surface area contributed by atoms with Crippen LogP contribution in [0, 0.1) is 0 Å². The van der Waals surface area contributed by atoms with E-state index in [9.17, 15) is 0 Å². The number of aliphatic carboxylic acids is 1. The van der Waals surface area contributed by atoms with Crippen molar-refractivity contribution in [3.8, 4) is 0 Å². The number of rotatable bonds is 0. The highest BCUT2D eigenvalue weighted by molar-refractivity contribution is 5.62. The molecule has 0 saturated carbocycles. The van der Waals surface area contributed by atoms with Crippen molar-refractivity contribution in [2.75, 3.05) is 0 Å². The molecule has 0 unspecified atom stereocenters. The van der Waals surface area contributed by atoms with E-state index in [2.05, 4.69) is 0 Å². The predicted octanol–water partition coefficient (Wildman–Crippen LogP) is 1.98. The van der Waals surface area contributed by atoms with E-state index in [4.69, 9.17) is 14.7 Å². The average Bonchev–Trinajstić information content (AvgIpc) is 2.08. The molecule has 1 rings (SSSR count). The summed E-state index contributed by atoms with van der Waals surface area (Å²) in [6.07, 6.45) is 0.750. The van der Waals surface area contributed by atoms with Gasteiger partial charge in [-0.25, -0.2) is 0 Å². The van der Waals surface area contributed by atoms with Crippen LogP contribution in [-0.2, 0) is 9.59 Å². The third-order valence-electron chi connectivity index (χ3n) is 0.667. The van der Waals surface area contributed by atoms with Gasteiger partial charge in [-0.1, -0.05) is 36.4 Å². The first-order valence-electron chi connectivity index (χ1n) is 3.74. The van der Waals surface area contributed by atoms with Gasteiger partial charge in [-0.2, -0.15) is 0 Å². The Morgan fingerprint density at radius 1 is 1.08 bits per heavy atom. The van der Waals surface area contributed by atoms with Gasteiger partial charge in [0.05, 0.1) is 0 Å². The van der Waals surface area contributed by atoms with Gasteiger partial charge in [0.2, 0.25) is 0 Å². The zero-order valence-electron chi connectivity index (χ0n) is 7.81. The van der Waals surface area contributed by atoms with Crippen LogP contribution in [0.2, 0.25) is 0 Å². The van der Waals surface area contributed by atoms with Crippen LogP contribution >= 0.6 is 0 Å². The van der Waals surface area contributed by atoms with Gasteiger partial charge in [-0.05, 0) is 6.92 Å². The van der Waals surface area contributed by atoms with E-state index >= 15 is 0 Å². The number of hydrogen-bond donors (Lipinski definition) is 1. The molecule has 3 heteroatoms. The van der Waals surface area contributed by atoms with E-state index in [-0.39, 0.29) is 0 Å². The van der Waals surface area contributed by atoms with Gasteiger partial charge in [0.15, 0.2) is 0 Å². The fourth-order valence-corrected chi connectivity index (χ4v) is 0.385. The Morgan fingerprint density at radius 2 is 1.15 bits per heavy atom. The maximum absolute atomic E-state index is 9.00. The molecular formula is C10H14O3. The highest BCUT2D eigenvalue weighted by atomic mass is 16.4. The third-order valence-corrected chi connectivity index (χ3v) is 0.667. The quantitative estimate of drug-likeness (QED) is 0.624. The average molecular weight is 182 g/mol. The largest absolute Gasteiger partial charge is 0.481 e. The summed E-state index contributed by atoms with van der Waals surface area (Å²) in [5, 5.41) is 7.42. The lowest BCUT2D eigenvalue weighted by molar-refractivity contribution is -0.134. The number of carbonyl (C=O) groups excluding carboxylic acids is 1. The first-order chi connectivity index (χ1) is 6.15. The van der Waals surface area contributed by atoms with Crippen molar-refractivity contribution in [2.24, 2.45) is 0 Å². The smallest absolute Gasteiger partial charge is 0.300 e. The van der Waals surface area contributed by atoms with Crippen LogP contribution in [0.1, 0.15) is 13.8 Å². The molecule has 72 valence electrons. The van der Waals surface area contributed by atoms with Crippen LogP contribution in [0.15, 0.2) is 36.4 Å². The standard InChI is InChI=1S/C6H6.C2H4O2.C2H4O/c1-2-4-6-5-3-1;1-2(3)4;1-2-3/h1-6H;1H3,(H,3,4);2H,1H3. The lowest BCUT2D eigenvalue weighted by atomic mass is 10.4. The number of carboxylic acids is 1. The minimum atomic E-state index is -0.833. The minimum absolute atomic E-state index is 0.750. The fraction of sp³-hybridized carbons (Fsp3) is 0.200. The van der Waals surface area contributed by atoms with Crippen LogP contribution in [0.25, 0.3) is 0 Å². The molecule has 0 aliphatic rings. The Kier molecular flexibility index (Phi) is 13.9. The number of benzene rings is 1. The van der Waals surface area contributed by atoms with E-state index in [1.807, 2.05) is 36.4 Å². The van der Waals surface area contributed by atoms with Crippen molar-refractivity contribution in [1.29, 1.82) is 0 Å². The molecule has 1 aromatic rings. The molecule has 0 amide bonds. The highest BCUT2D eigenvalue weighted by Gasteiger charge is 1.65. The van der Waals surface area contributed by atoms with Gasteiger partial charge >= 0.3 is 0 Å². The SMILES string of the molecule is CC(=O)O.CC=O.c1ccccc1. The molecule has 0 radical (unpaired) electrons. The fourth-order valence-electron chi connectivity index (χ4n) is 0.385. The molecule has 0 bridgehead atoms. The van der Waals surface area contributed by atoms with Gasteiger partial charge in [0, 0.05) is 6.92 Å². The Balaban J connectivity index is 0. The molecule has 13 heavy (non-hydrogen) atoms. The second-order valence-corrected chi connectivity index (χ2v) is 1.91. The first-order valence-corrected chi connectivity index (χ1v) is 3.74. The molecule has 0 saturated heterocycles. The topological polar surface area (TPSA) is 54.4 Å². The summed E-state index contributed by atoms with van der Waals surface area (Å²) >= 11 is 0. The molecule has 3 nitrogen and oxygen atoms in total. The summed E-state index contributed by atoms with van der Waals surface area (Å²) < 4.78 is 0. The molecule has 1 N–H and O–H groups in total. The van der Waals surface area contributed by atoms with E-state index in [0.29, 0.717) is 0 Å². The highest BCUT2D eigenvalue weighted by Crippen LogP contribution is 1.79.